The Hall–Kier alpha value is -2.16. The summed E-state index contributed by atoms with van der Waals surface area (Å²) >= 11 is 0. The summed E-state index contributed by atoms with van der Waals surface area (Å²) in [6.45, 7) is 3.49. The van der Waals surface area contributed by atoms with Crippen molar-refractivity contribution in [3.8, 4) is 17.6 Å². The minimum atomic E-state index is -3.71. The van der Waals surface area contributed by atoms with Gasteiger partial charge in [0.15, 0.2) is 17.3 Å². The van der Waals surface area contributed by atoms with Crippen LogP contribution in [0.1, 0.15) is 24.2 Å². The van der Waals surface area contributed by atoms with Crippen LogP contribution in [-0.2, 0) is 0 Å². The van der Waals surface area contributed by atoms with Gasteiger partial charge in [0.25, 0.3) is 0 Å². The second-order valence-electron chi connectivity index (χ2n) is 4.54. The van der Waals surface area contributed by atoms with Crippen LogP contribution >= 0.6 is 0 Å². The highest BCUT2D eigenvalue weighted by molar-refractivity contribution is 6.00. The van der Waals surface area contributed by atoms with Crippen molar-refractivity contribution in [3.63, 3.8) is 0 Å². The van der Waals surface area contributed by atoms with E-state index in [1.165, 1.54) is 18.2 Å². The van der Waals surface area contributed by atoms with E-state index in [2.05, 4.69) is 9.47 Å². The highest BCUT2D eigenvalue weighted by Crippen LogP contribution is 2.41. The lowest BCUT2D eigenvalue weighted by atomic mass is 9.89. The molecular formula is C13H11F2NO3. The largest absolute Gasteiger partial charge is 0.586 e. The van der Waals surface area contributed by atoms with Crippen LogP contribution in [0.25, 0.3) is 0 Å². The van der Waals surface area contributed by atoms with Gasteiger partial charge >= 0.3 is 6.29 Å². The van der Waals surface area contributed by atoms with Gasteiger partial charge in [0, 0.05) is 5.56 Å². The first kappa shape index (κ1) is 13.3. The Morgan fingerprint density at radius 3 is 2.53 bits per heavy atom. The van der Waals surface area contributed by atoms with Gasteiger partial charge in [-0.15, -0.1) is 8.78 Å². The zero-order valence-corrected chi connectivity index (χ0v) is 10.3. The Morgan fingerprint density at radius 1 is 1.32 bits per heavy atom. The SMILES string of the molecule is CC(C)C(C#N)C(=O)c1ccc2c(c1)OC(F)(F)O2. The zero-order chi connectivity index (χ0) is 14.2. The average molecular weight is 267 g/mol. The molecule has 1 aliphatic rings. The summed E-state index contributed by atoms with van der Waals surface area (Å²) in [6.07, 6.45) is -3.71. The molecule has 100 valence electrons. The van der Waals surface area contributed by atoms with Crippen LogP contribution in [0.3, 0.4) is 0 Å². The van der Waals surface area contributed by atoms with Gasteiger partial charge in [0.2, 0.25) is 0 Å². The Morgan fingerprint density at radius 2 is 1.95 bits per heavy atom. The molecule has 2 rings (SSSR count). The average Bonchev–Trinajstić information content (AvgIpc) is 2.61. The van der Waals surface area contributed by atoms with Crippen LogP contribution < -0.4 is 9.47 Å². The zero-order valence-electron chi connectivity index (χ0n) is 10.3. The first-order valence-corrected chi connectivity index (χ1v) is 5.68. The van der Waals surface area contributed by atoms with Crippen LogP contribution in [-0.4, -0.2) is 12.1 Å². The van der Waals surface area contributed by atoms with E-state index < -0.39 is 18.0 Å². The van der Waals surface area contributed by atoms with Crippen LogP contribution in [0.2, 0.25) is 0 Å². The summed E-state index contributed by atoms with van der Waals surface area (Å²) in [5, 5.41) is 8.96. The van der Waals surface area contributed by atoms with Gasteiger partial charge in [-0.3, -0.25) is 4.79 Å². The quantitative estimate of drug-likeness (QED) is 0.790. The van der Waals surface area contributed by atoms with Gasteiger partial charge < -0.3 is 9.47 Å². The second kappa shape index (κ2) is 4.50. The number of benzene rings is 1. The first-order chi connectivity index (χ1) is 8.84. The monoisotopic (exact) mass is 267 g/mol. The summed E-state index contributed by atoms with van der Waals surface area (Å²) in [5.41, 5.74) is 0.153. The Kier molecular flexibility index (Phi) is 3.14. The molecule has 0 spiro atoms. The maximum atomic E-state index is 12.8. The number of Topliss-reactive ketones (excluding diaryl/α,β-unsaturated/α-hetero) is 1. The Labute approximate surface area is 108 Å². The van der Waals surface area contributed by atoms with E-state index in [-0.39, 0.29) is 23.0 Å². The maximum Gasteiger partial charge on any atom is 0.586 e. The van der Waals surface area contributed by atoms with Crippen molar-refractivity contribution in [3.05, 3.63) is 23.8 Å². The summed E-state index contributed by atoms with van der Waals surface area (Å²) in [5.74, 6) is -1.72. The highest BCUT2D eigenvalue weighted by Gasteiger charge is 2.43. The van der Waals surface area contributed by atoms with Gasteiger partial charge in [-0.05, 0) is 24.1 Å². The molecule has 1 aliphatic heterocycles. The van der Waals surface area contributed by atoms with E-state index in [0.29, 0.717) is 0 Å². The fraction of sp³-hybridized carbons (Fsp3) is 0.385. The number of nitrogens with zero attached hydrogens (tertiary/aromatic N) is 1. The van der Waals surface area contributed by atoms with Gasteiger partial charge in [0.05, 0.1) is 6.07 Å². The Balaban J connectivity index is 2.30. The van der Waals surface area contributed by atoms with Crippen molar-refractivity contribution in [1.82, 2.24) is 0 Å². The predicted octanol–water partition coefficient (Wildman–Crippen LogP) is 2.99. The number of ether oxygens (including phenoxy) is 2. The predicted molar refractivity (Wildman–Crippen MR) is 60.9 cm³/mol. The van der Waals surface area contributed by atoms with Crippen molar-refractivity contribution in [2.24, 2.45) is 11.8 Å². The summed E-state index contributed by atoms with van der Waals surface area (Å²) in [4.78, 5) is 12.1. The molecule has 0 fully saturated rings. The van der Waals surface area contributed by atoms with Crippen molar-refractivity contribution < 1.29 is 23.0 Å². The fourth-order valence-electron chi connectivity index (χ4n) is 1.79. The number of fused-ring (bicyclic) bond motifs is 1. The summed E-state index contributed by atoms with van der Waals surface area (Å²) in [6, 6.07) is 5.67. The number of halogens is 2. The molecule has 0 radical (unpaired) electrons. The number of rotatable bonds is 3. The first-order valence-electron chi connectivity index (χ1n) is 5.68. The van der Waals surface area contributed by atoms with E-state index >= 15 is 0 Å². The molecule has 1 aromatic rings. The molecule has 0 aromatic heterocycles. The van der Waals surface area contributed by atoms with E-state index in [1.54, 1.807) is 13.8 Å². The van der Waals surface area contributed by atoms with Gasteiger partial charge in [-0.1, -0.05) is 13.8 Å². The molecule has 6 heteroatoms. The lowest BCUT2D eigenvalue weighted by Crippen LogP contribution is -2.26. The second-order valence-corrected chi connectivity index (χ2v) is 4.54. The molecule has 1 unspecified atom stereocenters. The molecule has 0 N–H and O–H groups in total. The van der Waals surface area contributed by atoms with Crippen molar-refractivity contribution >= 4 is 5.78 Å². The molecule has 0 amide bonds. The van der Waals surface area contributed by atoms with E-state index in [0.717, 1.165) is 0 Å². The maximum absolute atomic E-state index is 12.8. The topological polar surface area (TPSA) is 59.3 Å². The number of alkyl halides is 2. The molecule has 0 aliphatic carbocycles. The lowest BCUT2D eigenvalue weighted by Gasteiger charge is -2.11. The minimum absolute atomic E-state index is 0.125. The van der Waals surface area contributed by atoms with Crippen molar-refractivity contribution in [1.29, 1.82) is 5.26 Å². The number of carbonyl (C=O) groups is 1. The molecular weight excluding hydrogens is 256 g/mol. The summed E-state index contributed by atoms with van der Waals surface area (Å²) < 4.78 is 34.2. The smallest absolute Gasteiger partial charge is 0.395 e. The lowest BCUT2D eigenvalue weighted by molar-refractivity contribution is -0.286. The third-order valence-corrected chi connectivity index (χ3v) is 2.77. The number of nitriles is 1. The van der Waals surface area contributed by atoms with Crippen LogP contribution in [0.5, 0.6) is 11.5 Å². The Bertz CT molecular complexity index is 563. The fourth-order valence-corrected chi connectivity index (χ4v) is 1.79. The van der Waals surface area contributed by atoms with Crippen LogP contribution in [0, 0.1) is 23.2 Å². The molecule has 1 heterocycles. The van der Waals surface area contributed by atoms with E-state index in [9.17, 15) is 13.6 Å². The number of ketones is 1. The third kappa shape index (κ3) is 2.50. The normalized spacial score (nSPS) is 17.1. The van der Waals surface area contributed by atoms with Crippen molar-refractivity contribution in [2.75, 3.05) is 0 Å². The van der Waals surface area contributed by atoms with Crippen molar-refractivity contribution in [2.45, 2.75) is 20.1 Å². The highest BCUT2D eigenvalue weighted by atomic mass is 19.3. The number of hydrogen-bond donors (Lipinski definition) is 0. The molecule has 19 heavy (non-hydrogen) atoms. The molecule has 1 atom stereocenters. The minimum Gasteiger partial charge on any atom is -0.395 e. The van der Waals surface area contributed by atoms with Gasteiger partial charge in [0.1, 0.15) is 5.92 Å². The van der Waals surface area contributed by atoms with E-state index in [1.807, 2.05) is 6.07 Å². The summed E-state index contributed by atoms with van der Waals surface area (Å²) in [7, 11) is 0. The molecule has 1 aromatic carbocycles. The molecule has 0 saturated carbocycles. The van der Waals surface area contributed by atoms with E-state index in [4.69, 9.17) is 5.26 Å². The number of carbonyl (C=O) groups excluding carboxylic acids is 1. The number of hydrogen-bond acceptors (Lipinski definition) is 4. The molecule has 0 bridgehead atoms. The third-order valence-electron chi connectivity index (χ3n) is 2.77. The van der Waals surface area contributed by atoms with Crippen LogP contribution in [0.15, 0.2) is 18.2 Å². The van der Waals surface area contributed by atoms with Crippen LogP contribution in [0.4, 0.5) is 8.78 Å². The van der Waals surface area contributed by atoms with Gasteiger partial charge in [-0.25, -0.2) is 0 Å². The molecule has 0 saturated heterocycles. The standard InChI is InChI=1S/C13H11F2NO3/c1-7(2)9(6-16)12(17)8-3-4-10-11(5-8)19-13(14,15)18-10/h3-5,7,9H,1-2H3. The van der Waals surface area contributed by atoms with Gasteiger partial charge in [-0.2, -0.15) is 5.26 Å². The molecule has 4 nitrogen and oxygen atoms in total.